The lowest BCUT2D eigenvalue weighted by molar-refractivity contribution is -0.384. The number of hydrogen-bond donors (Lipinski definition) is 1. The van der Waals surface area contributed by atoms with Gasteiger partial charge in [-0.25, -0.2) is 5.43 Å². The van der Waals surface area contributed by atoms with Crippen LogP contribution in [0.15, 0.2) is 53.6 Å². The third-order valence-electron chi connectivity index (χ3n) is 2.96. The Bertz CT molecular complexity index is 804. The summed E-state index contributed by atoms with van der Waals surface area (Å²) >= 11 is 0. The van der Waals surface area contributed by atoms with Gasteiger partial charge in [0.1, 0.15) is 0 Å². The molecule has 0 radical (unpaired) electrons. The Kier molecular flexibility index (Phi) is 4.93. The molecule has 0 saturated heterocycles. The number of non-ortho nitro benzene ring substituents is 1. The van der Waals surface area contributed by atoms with E-state index in [9.17, 15) is 28.1 Å². The van der Waals surface area contributed by atoms with Crippen molar-refractivity contribution in [3.05, 3.63) is 75.3 Å². The van der Waals surface area contributed by atoms with E-state index in [-0.39, 0.29) is 16.8 Å². The quantitative estimate of drug-likeness (QED) is 0.527. The number of benzene rings is 2. The molecule has 6 nitrogen and oxygen atoms in total. The van der Waals surface area contributed by atoms with Crippen molar-refractivity contribution >= 4 is 17.8 Å². The number of nitrogens with zero attached hydrogens (tertiary/aromatic N) is 2. The summed E-state index contributed by atoms with van der Waals surface area (Å²) in [5.41, 5.74) is 0.604. The lowest BCUT2D eigenvalue weighted by Crippen LogP contribution is -2.18. The fourth-order valence-corrected chi connectivity index (χ4v) is 1.85. The van der Waals surface area contributed by atoms with Gasteiger partial charge in [-0.15, -0.1) is 0 Å². The van der Waals surface area contributed by atoms with Gasteiger partial charge in [0, 0.05) is 23.3 Å². The lowest BCUT2D eigenvalue weighted by atomic mass is 10.1. The van der Waals surface area contributed by atoms with Gasteiger partial charge in [0.2, 0.25) is 0 Å². The van der Waals surface area contributed by atoms with Gasteiger partial charge >= 0.3 is 6.18 Å². The number of hydrogen-bond acceptors (Lipinski definition) is 4. The monoisotopic (exact) mass is 337 g/mol. The molecular weight excluding hydrogens is 327 g/mol. The van der Waals surface area contributed by atoms with Crippen LogP contribution in [0.4, 0.5) is 18.9 Å². The summed E-state index contributed by atoms with van der Waals surface area (Å²) in [7, 11) is 0. The van der Waals surface area contributed by atoms with Gasteiger partial charge in [-0.3, -0.25) is 14.9 Å². The smallest absolute Gasteiger partial charge is 0.267 e. The molecule has 0 fully saturated rings. The Morgan fingerprint density at radius 2 is 1.88 bits per heavy atom. The maximum Gasteiger partial charge on any atom is 0.417 e. The fraction of sp³-hybridized carbons (Fsp3) is 0.0667. The van der Waals surface area contributed by atoms with Crippen LogP contribution in [0, 0.1) is 10.1 Å². The molecule has 0 aliphatic carbocycles. The lowest BCUT2D eigenvalue weighted by Gasteiger charge is -2.09. The zero-order valence-electron chi connectivity index (χ0n) is 11.9. The first-order valence-electron chi connectivity index (χ1n) is 6.53. The number of carbonyl (C=O) groups is 1. The summed E-state index contributed by atoms with van der Waals surface area (Å²) in [6.07, 6.45) is -3.69. The minimum absolute atomic E-state index is 0.0366. The number of nitro benzene ring substituents is 1. The van der Waals surface area contributed by atoms with Crippen molar-refractivity contribution in [1.82, 2.24) is 5.43 Å². The normalized spacial score (nSPS) is 11.5. The molecule has 1 N–H and O–H groups in total. The second-order valence-electron chi connectivity index (χ2n) is 4.59. The topological polar surface area (TPSA) is 84.6 Å². The molecule has 0 spiro atoms. The van der Waals surface area contributed by atoms with E-state index in [0.29, 0.717) is 0 Å². The molecule has 0 bridgehead atoms. The van der Waals surface area contributed by atoms with Crippen molar-refractivity contribution in [3.63, 3.8) is 0 Å². The number of nitrogens with one attached hydrogen (secondary N) is 1. The van der Waals surface area contributed by atoms with Crippen molar-refractivity contribution < 1.29 is 22.9 Å². The number of nitro groups is 1. The molecule has 0 aliphatic heterocycles. The predicted octanol–water partition coefficient (Wildman–Crippen LogP) is 3.38. The minimum Gasteiger partial charge on any atom is -0.267 e. The fourth-order valence-electron chi connectivity index (χ4n) is 1.85. The Hall–Kier alpha value is -3.23. The van der Waals surface area contributed by atoms with E-state index in [1.165, 1.54) is 36.4 Å². The molecule has 24 heavy (non-hydrogen) atoms. The highest BCUT2D eigenvalue weighted by molar-refractivity contribution is 5.95. The number of rotatable bonds is 4. The first-order chi connectivity index (χ1) is 11.3. The highest BCUT2D eigenvalue weighted by Crippen LogP contribution is 2.31. The molecular formula is C15H10F3N3O3. The van der Waals surface area contributed by atoms with E-state index >= 15 is 0 Å². The van der Waals surface area contributed by atoms with Crippen LogP contribution in [0.25, 0.3) is 0 Å². The van der Waals surface area contributed by atoms with Crippen LogP contribution in [-0.2, 0) is 6.18 Å². The average Bonchev–Trinajstić information content (AvgIpc) is 2.54. The summed E-state index contributed by atoms with van der Waals surface area (Å²) in [6, 6.07) is 9.61. The van der Waals surface area contributed by atoms with Crippen LogP contribution in [0.3, 0.4) is 0 Å². The van der Waals surface area contributed by atoms with Gasteiger partial charge in [0.05, 0.1) is 16.7 Å². The SMILES string of the molecule is O=C(N/N=C\c1ccccc1C(F)(F)F)c1cccc([N+](=O)[O-])c1. The third kappa shape index (κ3) is 4.15. The first-order valence-corrected chi connectivity index (χ1v) is 6.53. The number of alkyl halides is 3. The molecule has 0 unspecified atom stereocenters. The molecule has 0 atom stereocenters. The molecule has 2 rings (SSSR count). The number of hydrazone groups is 1. The summed E-state index contributed by atoms with van der Waals surface area (Å²) < 4.78 is 38.4. The second-order valence-corrected chi connectivity index (χ2v) is 4.59. The third-order valence-corrected chi connectivity index (χ3v) is 2.96. The van der Waals surface area contributed by atoms with Crippen LogP contribution in [0.5, 0.6) is 0 Å². The van der Waals surface area contributed by atoms with E-state index in [4.69, 9.17) is 0 Å². The highest BCUT2D eigenvalue weighted by Gasteiger charge is 2.32. The zero-order valence-corrected chi connectivity index (χ0v) is 11.9. The average molecular weight is 337 g/mol. The van der Waals surface area contributed by atoms with Gasteiger partial charge in [-0.05, 0) is 12.1 Å². The van der Waals surface area contributed by atoms with Crippen LogP contribution < -0.4 is 5.43 Å². The Balaban J connectivity index is 2.14. The van der Waals surface area contributed by atoms with Gasteiger partial charge < -0.3 is 0 Å². The highest BCUT2D eigenvalue weighted by atomic mass is 19.4. The van der Waals surface area contributed by atoms with E-state index in [0.717, 1.165) is 18.3 Å². The summed E-state index contributed by atoms with van der Waals surface area (Å²) in [5, 5.41) is 14.1. The van der Waals surface area contributed by atoms with Gasteiger partial charge in [-0.2, -0.15) is 18.3 Å². The van der Waals surface area contributed by atoms with Crippen molar-refractivity contribution in [2.75, 3.05) is 0 Å². The van der Waals surface area contributed by atoms with Crippen molar-refractivity contribution in [2.24, 2.45) is 5.10 Å². The van der Waals surface area contributed by atoms with E-state index in [1.54, 1.807) is 0 Å². The summed E-state index contributed by atoms with van der Waals surface area (Å²) in [4.78, 5) is 21.8. The Morgan fingerprint density at radius 3 is 2.54 bits per heavy atom. The molecule has 124 valence electrons. The maximum absolute atomic E-state index is 12.8. The summed E-state index contributed by atoms with van der Waals surface area (Å²) in [6.45, 7) is 0. The minimum atomic E-state index is -4.55. The maximum atomic E-state index is 12.8. The Morgan fingerprint density at radius 1 is 1.17 bits per heavy atom. The molecule has 0 aromatic heterocycles. The van der Waals surface area contributed by atoms with Crippen LogP contribution in [0.2, 0.25) is 0 Å². The number of amides is 1. The largest absolute Gasteiger partial charge is 0.417 e. The van der Waals surface area contributed by atoms with Crippen molar-refractivity contribution in [1.29, 1.82) is 0 Å². The first kappa shape index (κ1) is 17.1. The van der Waals surface area contributed by atoms with Gasteiger partial charge in [0.25, 0.3) is 11.6 Å². The van der Waals surface area contributed by atoms with Gasteiger partial charge in [-0.1, -0.05) is 24.3 Å². The number of halogens is 3. The van der Waals surface area contributed by atoms with E-state index in [2.05, 4.69) is 5.10 Å². The van der Waals surface area contributed by atoms with E-state index in [1.807, 2.05) is 5.43 Å². The van der Waals surface area contributed by atoms with Crippen molar-refractivity contribution in [3.8, 4) is 0 Å². The molecule has 1 amide bonds. The van der Waals surface area contributed by atoms with Gasteiger partial charge in [0.15, 0.2) is 0 Å². The van der Waals surface area contributed by atoms with Crippen molar-refractivity contribution in [2.45, 2.75) is 6.18 Å². The number of carbonyl (C=O) groups excluding carboxylic acids is 1. The second kappa shape index (κ2) is 6.90. The predicted molar refractivity (Wildman–Crippen MR) is 79.6 cm³/mol. The molecule has 2 aromatic carbocycles. The molecule has 0 heterocycles. The molecule has 0 saturated carbocycles. The summed E-state index contributed by atoms with van der Waals surface area (Å²) in [5.74, 6) is -0.778. The molecule has 9 heteroatoms. The van der Waals surface area contributed by atoms with Crippen LogP contribution in [-0.4, -0.2) is 17.0 Å². The zero-order chi connectivity index (χ0) is 17.7. The van der Waals surface area contributed by atoms with E-state index < -0.39 is 22.6 Å². The van der Waals surface area contributed by atoms with Crippen LogP contribution in [0.1, 0.15) is 21.5 Å². The molecule has 2 aromatic rings. The Labute approximate surface area is 133 Å². The van der Waals surface area contributed by atoms with Crippen LogP contribution >= 0.6 is 0 Å². The standard InChI is InChI=1S/C15H10F3N3O3/c16-15(17,18)13-7-2-1-4-11(13)9-19-20-14(22)10-5-3-6-12(8-10)21(23)24/h1-9H,(H,20,22)/b19-9-. The molecule has 0 aliphatic rings.